The molecule has 0 unspecified atom stereocenters. The van der Waals surface area contributed by atoms with Crippen LogP contribution in [0.4, 0.5) is 4.39 Å². The Labute approximate surface area is 102 Å². The standard InChI is InChI=1S/C12H18FNO2S/c1-5-12(2,3)14(4)17(15,16)11-9-7-6-8-10(11)13/h6-9H,5H2,1-4H3. The van der Waals surface area contributed by atoms with Crippen LogP contribution in [0.25, 0.3) is 0 Å². The van der Waals surface area contributed by atoms with Gasteiger partial charge >= 0.3 is 0 Å². The Kier molecular flexibility index (Phi) is 3.94. The molecule has 1 rings (SSSR count). The largest absolute Gasteiger partial charge is 0.246 e. The molecule has 0 aliphatic rings. The summed E-state index contributed by atoms with van der Waals surface area (Å²) in [6.45, 7) is 5.52. The molecule has 0 heterocycles. The van der Waals surface area contributed by atoms with E-state index in [1.165, 1.54) is 29.6 Å². The van der Waals surface area contributed by atoms with Gasteiger partial charge in [-0.2, -0.15) is 4.31 Å². The zero-order valence-electron chi connectivity index (χ0n) is 10.6. The molecule has 3 nitrogen and oxygen atoms in total. The molecule has 0 aliphatic heterocycles. The molecule has 0 spiro atoms. The van der Waals surface area contributed by atoms with Crippen LogP contribution in [0.1, 0.15) is 27.2 Å². The minimum Gasteiger partial charge on any atom is -0.207 e. The highest BCUT2D eigenvalue weighted by molar-refractivity contribution is 7.89. The van der Waals surface area contributed by atoms with Crippen molar-refractivity contribution in [3.05, 3.63) is 30.1 Å². The molecule has 1 aromatic rings. The number of sulfonamides is 1. The van der Waals surface area contributed by atoms with Gasteiger partial charge in [-0.15, -0.1) is 0 Å². The lowest BCUT2D eigenvalue weighted by atomic mass is 10.0. The predicted octanol–water partition coefficient (Wildman–Crippen LogP) is 2.63. The summed E-state index contributed by atoms with van der Waals surface area (Å²) in [4.78, 5) is -0.274. The molecule has 0 fully saturated rings. The smallest absolute Gasteiger partial charge is 0.207 e. The molecule has 0 aromatic heterocycles. The second kappa shape index (κ2) is 4.74. The summed E-state index contributed by atoms with van der Waals surface area (Å²) >= 11 is 0. The van der Waals surface area contributed by atoms with Crippen molar-refractivity contribution in [3.63, 3.8) is 0 Å². The van der Waals surface area contributed by atoms with Gasteiger partial charge in [-0.3, -0.25) is 0 Å². The van der Waals surface area contributed by atoms with Crippen molar-refractivity contribution < 1.29 is 12.8 Å². The summed E-state index contributed by atoms with van der Waals surface area (Å²) in [6.07, 6.45) is 0.650. The van der Waals surface area contributed by atoms with Gasteiger partial charge in [0, 0.05) is 12.6 Å². The second-order valence-corrected chi connectivity index (χ2v) is 6.51. The van der Waals surface area contributed by atoms with Crippen LogP contribution in [-0.4, -0.2) is 25.3 Å². The van der Waals surface area contributed by atoms with Crippen LogP contribution >= 0.6 is 0 Å². The van der Waals surface area contributed by atoms with Crippen LogP contribution in [0, 0.1) is 5.82 Å². The highest BCUT2D eigenvalue weighted by Crippen LogP contribution is 2.26. The third-order valence-corrected chi connectivity index (χ3v) is 5.29. The first-order chi connectivity index (χ1) is 7.73. The van der Waals surface area contributed by atoms with Gasteiger partial charge in [-0.05, 0) is 32.4 Å². The summed E-state index contributed by atoms with van der Waals surface area (Å²) in [5, 5.41) is 0. The Morgan fingerprint density at radius 1 is 1.29 bits per heavy atom. The summed E-state index contributed by atoms with van der Waals surface area (Å²) in [6, 6.07) is 5.43. The Bertz CT molecular complexity index is 497. The van der Waals surface area contributed by atoms with E-state index < -0.39 is 21.4 Å². The van der Waals surface area contributed by atoms with E-state index in [-0.39, 0.29) is 4.90 Å². The molecule has 17 heavy (non-hydrogen) atoms. The molecular formula is C12H18FNO2S. The first-order valence-corrected chi connectivity index (χ1v) is 6.91. The van der Waals surface area contributed by atoms with Crippen LogP contribution in [0.2, 0.25) is 0 Å². The monoisotopic (exact) mass is 259 g/mol. The van der Waals surface area contributed by atoms with Crippen molar-refractivity contribution in [2.24, 2.45) is 0 Å². The van der Waals surface area contributed by atoms with Crippen molar-refractivity contribution in [1.82, 2.24) is 4.31 Å². The Morgan fingerprint density at radius 2 is 1.82 bits per heavy atom. The number of rotatable bonds is 4. The maximum absolute atomic E-state index is 13.5. The Hall–Kier alpha value is -0.940. The van der Waals surface area contributed by atoms with Crippen LogP contribution in [0.15, 0.2) is 29.2 Å². The first-order valence-electron chi connectivity index (χ1n) is 5.47. The Morgan fingerprint density at radius 3 is 2.29 bits per heavy atom. The van der Waals surface area contributed by atoms with E-state index in [0.29, 0.717) is 6.42 Å². The molecule has 0 atom stereocenters. The fourth-order valence-corrected chi connectivity index (χ4v) is 2.99. The highest BCUT2D eigenvalue weighted by Gasteiger charge is 2.33. The predicted molar refractivity (Wildman–Crippen MR) is 65.7 cm³/mol. The minimum atomic E-state index is -3.78. The van der Waals surface area contributed by atoms with Crippen molar-refractivity contribution in [1.29, 1.82) is 0 Å². The third-order valence-electron chi connectivity index (χ3n) is 3.19. The number of hydrogen-bond donors (Lipinski definition) is 0. The van der Waals surface area contributed by atoms with Crippen molar-refractivity contribution in [2.45, 2.75) is 37.6 Å². The molecule has 0 N–H and O–H groups in total. The zero-order valence-corrected chi connectivity index (χ0v) is 11.4. The lowest BCUT2D eigenvalue weighted by Gasteiger charge is -2.33. The molecule has 0 saturated heterocycles. The van der Waals surface area contributed by atoms with Crippen LogP contribution in [-0.2, 0) is 10.0 Å². The number of benzene rings is 1. The SMILES string of the molecule is CCC(C)(C)N(C)S(=O)(=O)c1ccccc1F. The van der Waals surface area contributed by atoms with Gasteiger partial charge in [-0.1, -0.05) is 19.1 Å². The number of halogens is 1. The second-order valence-electron chi connectivity index (χ2n) is 4.57. The van der Waals surface area contributed by atoms with Gasteiger partial charge in [0.1, 0.15) is 10.7 Å². The van der Waals surface area contributed by atoms with Gasteiger partial charge in [-0.25, -0.2) is 12.8 Å². The van der Waals surface area contributed by atoms with E-state index in [1.54, 1.807) is 0 Å². The maximum atomic E-state index is 13.5. The summed E-state index contributed by atoms with van der Waals surface area (Å²) < 4.78 is 39.2. The molecule has 0 amide bonds. The molecule has 0 bridgehead atoms. The molecule has 0 aliphatic carbocycles. The van der Waals surface area contributed by atoms with E-state index >= 15 is 0 Å². The minimum absolute atomic E-state index is 0.274. The number of nitrogens with zero attached hydrogens (tertiary/aromatic N) is 1. The molecule has 0 saturated carbocycles. The van der Waals surface area contributed by atoms with E-state index in [0.717, 1.165) is 6.07 Å². The van der Waals surface area contributed by atoms with Crippen molar-refractivity contribution >= 4 is 10.0 Å². The highest BCUT2D eigenvalue weighted by atomic mass is 32.2. The van der Waals surface area contributed by atoms with E-state index in [9.17, 15) is 12.8 Å². The Balaban J connectivity index is 3.26. The van der Waals surface area contributed by atoms with Gasteiger partial charge in [0.15, 0.2) is 0 Å². The normalized spacial score (nSPS) is 13.1. The molecular weight excluding hydrogens is 241 g/mol. The lowest BCUT2D eigenvalue weighted by Crippen LogP contribution is -2.44. The summed E-state index contributed by atoms with van der Waals surface area (Å²) in [7, 11) is -2.30. The zero-order chi connectivity index (χ0) is 13.3. The van der Waals surface area contributed by atoms with E-state index in [4.69, 9.17) is 0 Å². The van der Waals surface area contributed by atoms with Gasteiger partial charge in [0.2, 0.25) is 10.0 Å². The quantitative estimate of drug-likeness (QED) is 0.833. The molecule has 1 aromatic carbocycles. The average molecular weight is 259 g/mol. The average Bonchev–Trinajstić information content (AvgIpc) is 2.28. The van der Waals surface area contributed by atoms with Crippen LogP contribution < -0.4 is 0 Å². The van der Waals surface area contributed by atoms with Crippen LogP contribution in [0.5, 0.6) is 0 Å². The van der Waals surface area contributed by atoms with Gasteiger partial charge in [0.05, 0.1) is 0 Å². The molecule has 5 heteroatoms. The maximum Gasteiger partial charge on any atom is 0.246 e. The van der Waals surface area contributed by atoms with Crippen LogP contribution in [0.3, 0.4) is 0 Å². The summed E-state index contributed by atoms with van der Waals surface area (Å²) in [5.74, 6) is -0.716. The molecule has 96 valence electrons. The van der Waals surface area contributed by atoms with Gasteiger partial charge in [0.25, 0.3) is 0 Å². The fraction of sp³-hybridized carbons (Fsp3) is 0.500. The number of hydrogen-bond acceptors (Lipinski definition) is 2. The fourth-order valence-electron chi connectivity index (χ4n) is 1.35. The van der Waals surface area contributed by atoms with E-state index in [2.05, 4.69) is 0 Å². The third kappa shape index (κ3) is 2.66. The van der Waals surface area contributed by atoms with Crippen molar-refractivity contribution in [3.8, 4) is 0 Å². The molecule has 0 radical (unpaired) electrons. The topological polar surface area (TPSA) is 37.4 Å². The van der Waals surface area contributed by atoms with E-state index in [1.807, 2.05) is 20.8 Å². The first kappa shape index (κ1) is 14.1. The summed E-state index contributed by atoms with van der Waals surface area (Å²) in [5.41, 5.74) is -0.541. The van der Waals surface area contributed by atoms with Crippen molar-refractivity contribution in [2.75, 3.05) is 7.05 Å². The lowest BCUT2D eigenvalue weighted by molar-refractivity contribution is 0.256. The van der Waals surface area contributed by atoms with Gasteiger partial charge < -0.3 is 0 Å².